The van der Waals surface area contributed by atoms with Gasteiger partial charge in [0.1, 0.15) is 0 Å². The van der Waals surface area contributed by atoms with Crippen LogP contribution in [0.4, 0.5) is 4.48 Å². The summed E-state index contributed by atoms with van der Waals surface area (Å²) in [4.78, 5) is 10.3. The Labute approximate surface area is 48.2 Å². The zero-order chi connectivity index (χ0) is 6.57. The smallest absolute Gasteiger partial charge is 0.249 e. The summed E-state index contributed by atoms with van der Waals surface area (Å²) < 4.78 is 11.8. The first-order valence-electron chi connectivity index (χ1n) is 2.60. The Balaban J connectivity index is 3.33. The van der Waals surface area contributed by atoms with E-state index in [1.807, 2.05) is 6.92 Å². The highest BCUT2D eigenvalue weighted by Crippen LogP contribution is 1.92. The Morgan fingerprint density at radius 1 is 1.75 bits per heavy atom. The molecule has 0 unspecified atom stereocenters. The van der Waals surface area contributed by atoms with Crippen molar-refractivity contribution in [3.63, 3.8) is 0 Å². The lowest BCUT2D eigenvalue weighted by atomic mass is 10.3. The van der Waals surface area contributed by atoms with Crippen molar-refractivity contribution in [2.24, 2.45) is 0 Å². The van der Waals surface area contributed by atoms with Crippen LogP contribution in [0.2, 0.25) is 0 Å². The molecule has 0 aliphatic rings. The lowest BCUT2D eigenvalue weighted by Gasteiger charge is -2.01. The van der Waals surface area contributed by atoms with E-state index in [1.54, 1.807) is 0 Å². The van der Waals surface area contributed by atoms with Gasteiger partial charge in [-0.3, -0.25) is 4.79 Å². The van der Waals surface area contributed by atoms with Gasteiger partial charge in [0.25, 0.3) is 0 Å². The van der Waals surface area contributed by atoms with Crippen LogP contribution in [0.25, 0.3) is 0 Å². The van der Waals surface area contributed by atoms with Crippen LogP contribution < -0.4 is 0 Å². The second kappa shape index (κ2) is 3.41. The van der Waals surface area contributed by atoms with Crippen LogP contribution in [-0.2, 0) is 4.79 Å². The molecule has 0 aromatic carbocycles. The first-order valence-corrected chi connectivity index (χ1v) is 2.60. The first-order chi connectivity index (χ1) is 3.68. The molecule has 2 nitrogen and oxygen atoms in total. The summed E-state index contributed by atoms with van der Waals surface area (Å²) in [6, 6.07) is 0. The van der Waals surface area contributed by atoms with Crippen LogP contribution in [0, 0.1) is 0 Å². The molecule has 0 saturated carbocycles. The van der Waals surface area contributed by atoms with Crippen molar-refractivity contribution < 1.29 is 9.28 Å². The quantitative estimate of drug-likeness (QED) is 0.499. The second-order valence-electron chi connectivity index (χ2n) is 1.62. The van der Waals surface area contributed by atoms with Crippen LogP contribution in [0.5, 0.6) is 0 Å². The van der Waals surface area contributed by atoms with Gasteiger partial charge in [-0.2, -0.15) is 5.12 Å². The molecule has 0 fully saturated rings. The number of amides is 1. The van der Waals surface area contributed by atoms with Gasteiger partial charge in [-0.25, -0.2) is 0 Å². The van der Waals surface area contributed by atoms with Crippen molar-refractivity contribution in [1.82, 2.24) is 5.12 Å². The number of rotatable bonds is 2. The molecule has 0 aliphatic heterocycles. The highest BCUT2D eigenvalue weighted by molar-refractivity contribution is 5.74. The number of carbonyl (C=O) groups excluding carboxylic acids is 1. The zero-order valence-electron chi connectivity index (χ0n) is 5.15. The van der Waals surface area contributed by atoms with Gasteiger partial charge in [-0.15, -0.1) is 0 Å². The van der Waals surface area contributed by atoms with Crippen LogP contribution in [-0.4, -0.2) is 18.1 Å². The fourth-order valence-electron chi connectivity index (χ4n) is 0.368. The van der Waals surface area contributed by atoms with E-state index in [2.05, 4.69) is 0 Å². The Kier molecular flexibility index (Phi) is 3.15. The number of carbonyl (C=O) groups is 1. The van der Waals surface area contributed by atoms with E-state index >= 15 is 0 Å². The predicted octanol–water partition coefficient (Wildman–Crippen LogP) is 1.13. The van der Waals surface area contributed by atoms with Crippen molar-refractivity contribution in [2.45, 2.75) is 19.8 Å². The van der Waals surface area contributed by atoms with Crippen LogP contribution in [0.15, 0.2) is 0 Å². The summed E-state index contributed by atoms with van der Waals surface area (Å²) in [6.07, 6.45) is 1.00. The molecule has 0 atom stereocenters. The lowest BCUT2D eigenvalue weighted by molar-refractivity contribution is -0.143. The fourth-order valence-corrected chi connectivity index (χ4v) is 0.368. The average molecular weight is 119 g/mol. The van der Waals surface area contributed by atoms with Crippen molar-refractivity contribution in [2.75, 3.05) is 7.05 Å². The fraction of sp³-hybridized carbons (Fsp3) is 0.800. The molecule has 0 N–H and O–H groups in total. The Hall–Kier alpha value is -0.600. The largest absolute Gasteiger partial charge is 0.272 e. The van der Waals surface area contributed by atoms with Gasteiger partial charge in [0.2, 0.25) is 5.91 Å². The van der Waals surface area contributed by atoms with E-state index in [0.717, 1.165) is 7.05 Å². The highest BCUT2D eigenvalue weighted by atomic mass is 19.2. The highest BCUT2D eigenvalue weighted by Gasteiger charge is 2.02. The number of halogens is 1. The van der Waals surface area contributed by atoms with E-state index in [9.17, 15) is 9.28 Å². The van der Waals surface area contributed by atoms with Crippen molar-refractivity contribution in [3.8, 4) is 0 Å². The molecule has 0 aromatic rings. The SMILES string of the molecule is CCCC(=O)N(C)F. The first kappa shape index (κ1) is 7.40. The monoisotopic (exact) mass is 119 g/mol. The van der Waals surface area contributed by atoms with Gasteiger partial charge < -0.3 is 0 Å². The molecule has 0 saturated heterocycles. The van der Waals surface area contributed by atoms with Crippen molar-refractivity contribution in [3.05, 3.63) is 0 Å². The maximum Gasteiger partial charge on any atom is 0.249 e. The predicted molar refractivity (Wildman–Crippen MR) is 28.8 cm³/mol. The van der Waals surface area contributed by atoms with Gasteiger partial charge in [0.15, 0.2) is 0 Å². The minimum absolute atomic E-state index is 0.115. The van der Waals surface area contributed by atoms with Gasteiger partial charge in [0, 0.05) is 13.5 Å². The van der Waals surface area contributed by atoms with Gasteiger partial charge in [-0.05, 0) is 6.42 Å². The molecule has 8 heavy (non-hydrogen) atoms. The summed E-state index contributed by atoms with van der Waals surface area (Å²) in [5.41, 5.74) is 0. The summed E-state index contributed by atoms with van der Waals surface area (Å²) in [7, 11) is 1.11. The van der Waals surface area contributed by atoms with Crippen molar-refractivity contribution in [1.29, 1.82) is 0 Å². The van der Waals surface area contributed by atoms with Gasteiger partial charge in [0.05, 0.1) is 0 Å². The second-order valence-corrected chi connectivity index (χ2v) is 1.62. The molecule has 0 bridgehead atoms. The van der Waals surface area contributed by atoms with Gasteiger partial charge >= 0.3 is 0 Å². The molecule has 0 heterocycles. The molecular formula is C5H10FNO. The number of hydrogen-bond acceptors (Lipinski definition) is 1. The molecule has 48 valence electrons. The zero-order valence-corrected chi connectivity index (χ0v) is 5.15. The summed E-state index contributed by atoms with van der Waals surface area (Å²) in [5, 5.41) is 0.115. The van der Waals surface area contributed by atoms with Gasteiger partial charge in [-0.1, -0.05) is 11.4 Å². The standard InChI is InChI=1S/C5H10FNO/c1-3-4-5(8)7(2)6/h3-4H2,1-2H3. The van der Waals surface area contributed by atoms with Crippen LogP contribution in [0.1, 0.15) is 19.8 Å². The van der Waals surface area contributed by atoms with E-state index < -0.39 is 5.91 Å². The third-order valence-electron chi connectivity index (χ3n) is 0.808. The minimum atomic E-state index is -0.451. The maximum absolute atomic E-state index is 11.8. The molecule has 0 spiro atoms. The van der Waals surface area contributed by atoms with Crippen LogP contribution >= 0.6 is 0 Å². The minimum Gasteiger partial charge on any atom is -0.272 e. The molecule has 0 aliphatic carbocycles. The molecule has 0 radical (unpaired) electrons. The van der Waals surface area contributed by atoms with Crippen LogP contribution in [0.3, 0.4) is 0 Å². The molecule has 1 amide bonds. The van der Waals surface area contributed by atoms with E-state index in [0.29, 0.717) is 12.8 Å². The lowest BCUT2D eigenvalue weighted by Crippen LogP contribution is -2.16. The van der Waals surface area contributed by atoms with E-state index in [-0.39, 0.29) is 5.12 Å². The summed E-state index contributed by atoms with van der Waals surface area (Å²) in [6.45, 7) is 1.83. The molecule has 0 rings (SSSR count). The maximum atomic E-state index is 11.8. The molecule has 3 heteroatoms. The Morgan fingerprint density at radius 3 is 2.38 bits per heavy atom. The van der Waals surface area contributed by atoms with Crippen molar-refractivity contribution >= 4 is 5.91 Å². The van der Waals surface area contributed by atoms with E-state index in [1.165, 1.54) is 0 Å². The average Bonchev–Trinajstić information content (AvgIpc) is 1.67. The topological polar surface area (TPSA) is 20.3 Å². The Bertz CT molecular complexity index is 82.5. The molecular weight excluding hydrogens is 109 g/mol. The Morgan fingerprint density at radius 2 is 2.25 bits per heavy atom. The number of hydrogen-bond donors (Lipinski definition) is 0. The third-order valence-corrected chi connectivity index (χ3v) is 0.808. The molecule has 0 aromatic heterocycles. The summed E-state index contributed by atoms with van der Waals surface area (Å²) >= 11 is 0. The normalized spacial score (nSPS) is 8.88. The van der Waals surface area contributed by atoms with E-state index in [4.69, 9.17) is 0 Å². The third kappa shape index (κ3) is 2.55. The number of nitrogens with zero attached hydrogens (tertiary/aromatic N) is 1. The summed E-state index contributed by atoms with van der Waals surface area (Å²) in [5.74, 6) is -0.451.